The number of hydrogen-bond acceptors (Lipinski definition) is 2. The summed E-state index contributed by atoms with van der Waals surface area (Å²) in [4.78, 5) is 0. The summed E-state index contributed by atoms with van der Waals surface area (Å²) in [6, 6.07) is 6.46. The molecule has 154 valence electrons. The Morgan fingerprint density at radius 2 is 2.07 bits per heavy atom. The Balaban J connectivity index is 1.56. The van der Waals surface area contributed by atoms with E-state index in [0.717, 1.165) is 37.1 Å². The Morgan fingerprint density at radius 1 is 1.34 bits per heavy atom. The number of benzene rings is 1. The smallest absolute Gasteiger partial charge is 0.144 e. The first kappa shape index (κ1) is 20.2. The van der Waals surface area contributed by atoms with E-state index in [-0.39, 0.29) is 16.0 Å². The second-order valence-electron chi connectivity index (χ2n) is 9.33. The number of aromatic nitrogens is 2. The van der Waals surface area contributed by atoms with Gasteiger partial charge in [-0.1, -0.05) is 12.5 Å². The van der Waals surface area contributed by atoms with Gasteiger partial charge in [0.2, 0.25) is 0 Å². The van der Waals surface area contributed by atoms with Gasteiger partial charge in [-0.2, -0.15) is 9.50 Å². The van der Waals surface area contributed by atoms with Gasteiger partial charge in [-0.25, -0.2) is 13.3 Å². The lowest BCUT2D eigenvalue weighted by Crippen LogP contribution is -2.29. The third-order valence-electron chi connectivity index (χ3n) is 6.31. The molecular formula is C23H28FN3OS. The number of nitrogens with zero attached hydrogens (tertiary/aromatic N) is 3. The molecule has 0 aliphatic heterocycles. The summed E-state index contributed by atoms with van der Waals surface area (Å²) >= 11 is 0. The van der Waals surface area contributed by atoms with Crippen LogP contribution in [0.1, 0.15) is 58.2 Å². The maximum atomic E-state index is 13.3. The predicted octanol–water partition coefficient (Wildman–Crippen LogP) is 5.29. The third-order valence-corrected chi connectivity index (χ3v) is 7.70. The van der Waals surface area contributed by atoms with Gasteiger partial charge in [-0.05, 0) is 93.7 Å². The SMILES string of the molecule is CC12Cc3cnn(-c4ccc(F)cc4)c3C=C1CCC2CC=NS(=O)C(C)(C)C. The van der Waals surface area contributed by atoms with Crippen LogP contribution in [0.2, 0.25) is 0 Å². The molecule has 6 heteroatoms. The predicted molar refractivity (Wildman–Crippen MR) is 117 cm³/mol. The minimum Gasteiger partial charge on any atom is -0.234 e. The molecule has 1 fully saturated rings. The normalized spacial score (nSPS) is 25.0. The van der Waals surface area contributed by atoms with Crippen molar-refractivity contribution in [2.24, 2.45) is 15.7 Å². The van der Waals surface area contributed by atoms with Gasteiger partial charge in [0.1, 0.15) is 16.8 Å². The molecule has 3 atom stereocenters. The highest BCUT2D eigenvalue weighted by Crippen LogP contribution is 2.54. The average molecular weight is 414 g/mol. The van der Waals surface area contributed by atoms with E-state index in [1.54, 1.807) is 12.1 Å². The summed E-state index contributed by atoms with van der Waals surface area (Å²) in [6.07, 6.45) is 10.1. The molecule has 0 radical (unpaired) electrons. The van der Waals surface area contributed by atoms with E-state index in [1.165, 1.54) is 23.3 Å². The lowest BCUT2D eigenvalue weighted by atomic mass is 9.69. The number of allylic oxidation sites excluding steroid dienone is 1. The first-order valence-corrected chi connectivity index (χ1v) is 11.3. The molecule has 4 nitrogen and oxygen atoms in total. The van der Waals surface area contributed by atoms with Crippen LogP contribution in [0.15, 0.2) is 40.4 Å². The first-order chi connectivity index (χ1) is 13.7. The maximum absolute atomic E-state index is 13.3. The van der Waals surface area contributed by atoms with Crippen molar-refractivity contribution in [3.8, 4) is 5.69 Å². The van der Waals surface area contributed by atoms with Crippen LogP contribution < -0.4 is 0 Å². The average Bonchev–Trinajstić information content (AvgIpc) is 3.20. The highest BCUT2D eigenvalue weighted by Gasteiger charge is 2.45. The van der Waals surface area contributed by atoms with Crippen LogP contribution in [0.25, 0.3) is 11.8 Å². The molecule has 0 bridgehead atoms. The summed E-state index contributed by atoms with van der Waals surface area (Å²) < 4.78 is 31.4. The molecule has 2 aliphatic carbocycles. The van der Waals surface area contributed by atoms with Gasteiger partial charge in [-0.15, -0.1) is 0 Å². The number of rotatable bonds is 4. The van der Waals surface area contributed by atoms with Crippen LogP contribution in [-0.4, -0.2) is 25.0 Å². The van der Waals surface area contributed by atoms with Gasteiger partial charge in [0.15, 0.2) is 0 Å². The van der Waals surface area contributed by atoms with Crippen molar-refractivity contribution in [3.63, 3.8) is 0 Å². The van der Waals surface area contributed by atoms with Gasteiger partial charge in [0, 0.05) is 6.21 Å². The molecule has 0 spiro atoms. The van der Waals surface area contributed by atoms with Crippen molar-refractivity contribution in [2.45, 2.75) is 58.1 Å². The van der Waals surface area contributed by atoms with Gasteiger partial charge in [0.25, 0.3) is 0 Å². The summed E-state index contributed by atoms with van der Waals surface area (Å²) in [5.41, 5.74) is 4.73. The van der Waals surface area contributed by atoms with Gasteiger partial charge in [-0.3, -0.25) is 0 Å². The third kappa shape index (κ3) is 3.75. The Morgan fingerprint density at radius 3 is 2.76 bits per heavy atom. The van der Waals surface area contributed by atoms with Crippen LogP contribution >= 0.6 is 0 Å². The molecule has 2 aliphatic rings. The van der Waals surface area contributed by atoms with E-state index in [9.17, 15) is 8.60 Å². The highest BCUT2D eigenvalue weighted by molar-refractivity contribution is 7.85. The van der Waals surface area contributed by atoms with Crippen molar-refractivity contribution in [1.29, 1.82) is 0 Å². The van der Waals surface area contributed by atoms with Gasteiger partial charge < -0.3 is 0 Å². The van der Waals surface area contributed by atoms with Crippen LogP contribution in [0.4, 0.5) is 4.39 Å². The van der Waals surface area contributed by atoms with E-state index < -0.39 is 11.0 Å². The number of hydrogen-bond donors (Lipinski definition) is 0. The molecule has 1 aromatic heterocycles. The standard InChI is InChI=1S/C23H28FN3OS/c1-22(2,3)29(28)26-12-11-17-5-6-18-13-21-16(14-23(17,18)4)15-25-27(21)20-9-7-19(24)8-10-20/h7-10,12-13,15,17H,5-6,11,14H2,1-4H3. The number of halogens is 1. The van der Waals surface area contributed by atoms with Gasteiger partial charge in [0.05, 0.1) is 22.3 Å². The van der Waals surface area contributed by atoms with Crippen molar-refractivity contribution >= 4 is 23.3 Å². The topological polar surface area (TPSA) is 47.2 Å². The Hall–Kier alpha value is -2.08. The second-order valence-corrected chi connectivity index (χ2v) is 11.3. The largest absolute Gasteiger partial charge is 0.234 e. The molecule has 29 heavy (non-hydrogen) atoms. The molecule has 1 saturated carbocycles. The Labute approximate surface area is 174 Å². The van der Waals surface area contributed by atoms with Crippen molar-refractivity contribution in [2.75, 3.05) is 0 Å². The lowest BCUT2D eigenvalue weighted by molar-refractivity contribution is 0.280. The van der Waals surface area contributed by atoms with Crippen LogP contribution in [0, 0.1) is 17.2 Å². The Kier molecular flexibility index (Phi) is 5.09. The minimum atomic E-state index is -1.20. The molecule has 0 amide bonds. The fourth-order valence-corrected chi connectivity index (χ4v) is 5.03. The van der Waals surface area contributed by atoms with Gasteiger partial charge >= 0.3 is 0 Å². The van der Waals surface area contributed by atoms with E-state index in [2.05, 4.69) is 22.5 Å². The summed E-state index contributed by atoms with van der Waals surface area (Å²) in [5, 5.41) is 4.58. The minimum absolute atomic E-state index is 0.0822. The fourth-order valence-electron chi connectivity index (χ4n) is 4.50. The van der Waals surface area contributed by atoms with Crippen molar-refractivity contribution < 1.29 is 8.60 Å². The van der Waals surface area contributed by atoms with E-state index in [0.29, 0.717) is 5.92 Å². The van der Waals surface area contributed by atoms with Crippen molar-refractivity contribution in [3.05, 3.63) is 53.1 Å². The molecule has 2 aromatic rings. The summed E-state index contributed by atoms with van der Waals surface area (Å²) in [5.74, 6) is 0.241. The van der Waals surface area contributed by atoms with Crippen LogP contribution in [0.5, 0.6) is 0 Å². The molecule has 3 unspecified atom stereocenters. The molecule has 4 rings (SSSR count). The quantitative estimate of drug-likeness (QED) is 0.640. The summed E-state index contributed by atoms with van der Waals surface area (Å²) in [6.45, 7) is 8.17. The fraction of sp³-hybridized carbons (Fsp3) is 0.478. The first-order valence-electron chi connectivity index (χ1n) is 10.2. The summed E-state index contributed by atoms with van der Waals surface area (Å²) in [7, 11) is -1.20. The van der Waals surface area contributed by atoms with E-state index in [4.69, 9.17) is 0 Å². The zero-order chi connectivity index (χ0) is 20.8. The van der Waals surface area contributed by atoms with E-state index in [1.807, 2.05) is 37.9 Å². The monoisotopic (exact) mass is 413 g/mol. The van der Waals surface area contributed by atoms with Crippen molar-refractivity contribution in [1.82, 2.24) is 9.78 Å². The number of fused-ring (bicyclic) bond motifs is 2. The zero-order valence-corrected chi connectivity index (χ0v) is 18.3. The molecule has 1 heterocycles. The Bertz CT molecular complexity index is 1000. The highest BCUT2D eigenvalue weighted by atomic mass is 32.2. The van der Waals surface area contributed by atoms with Crippen LogP contribution in [0.3, 0.4) is 0 Å². The van der Waals surface area contributed by atoms with E-state index >= 15 is 0 Å². The molecule has 0 saturated heterocycles. The van der Waals surface area contributed by atoms with Crippen LogP contribution in [-0.2, 0) is 17.4 Å². The lowest BCUT2D eigenvalue weighted by Gasteiger charge is -2.35. The molecule has 0 N–H and O–H groups in total. The zero-order valence-electron chi connectivity index (χ0n) is 17.5. The second kappa shape index (κ2) is 7.31. The molecular weight excluding hydrogens is 385 g/mol. The molecule has 1 aromatic carbocycles. The maximum Gasteiger partial charge on any atom is 0.144 e.